The number of oxazole rings is 1. The van der Waals surface area contributed by atoms with Gasteiger partial charge in [-0.2, -0.15) is 0 Å². The lowest BCUT2D eigenvalue weighted by Gasteiger charge is -2.05. The zero-order valence-electron chi connectivity index (χ0n) is 16.1. The Balaban J connectivity index is 1.51. The van der Waals surface area contributed by atoms with Crippen LogP contribution in [0.4, 0.5) is 5.69 Å². The molecule has 5 heteroatoms. The third kappa shape index (κ3) is 3.31. The van der Waals surface area contributed by atoms with Gasteiger partial charge in [-0.3, -0.25) is 4.79 Å². The van der Waals surface area contributed by atoms with Gasteiger partial charge in [0, 0.05) is 27.2 Å². The van der Waals surface area contributed by atoms with Crippen LogP contribution in [0.1, 0.15) is 15.9 Å². The normalized spacial score (nSPS) is 11.1. The number of carbonyl (C=O) groups is 1. The molecule has 0 aliphatic heterocycles. The molecule has 1 amide bonds. The fourth-order valence-electron chi connectivity index (χ4n) is 3.57. The Labute approximate surface area is 178 Å². The van der Waals surface area contributed by atoms with E-state index in [1.807, 2.05) is 79.7 Å². The molecule has 0 saturated heterocycles. The standard InChI is InChI=1S/C25H17ClN2O2/c1-15-5-2-6-16(13-15)24(29)27-17-11-12-23-22(14-17)28-25(30-23)20-9-3-8-19-18(20)7-4-10-21(19)26/h2-14H,1H3,(H,27,29). The number of nitrogens with zero attached hydrogens (tertiary/aromatic N) is 1. The van der Waals surface area contributed by atoms with Crippen LogP contribution >= 0.6 is 11.6 Å². The molecule has 146 valence electrons. The van der Waals surface area contributed by atoms with Crippen molar-refractivity contribution in [2.45, 2.75) is 6.92 Å². The molecule has 0 spiro atoms. The van der Waals surface area contributed by atoms with Crippen molar-refractivity contribution in [1.82, 2.24) is 4.98 Å². The van der Waals surface area contributed by atoms with Crippen molar-refractivity contribution in [2.75, 3.05) is 5.32 Å². The molecule has 0 aliphatic carbocycles. The molecule has 0 radical (unpaired) electrons. The van der Waals surface area contributed by atoms with Crippen LogP contribution < -0.4 is 5.32 Å². The van der Waals surface area contributed by atoms with E-state index >= 15 is 0 Å². The first-order valence-corrected chi connectivity index (χ1v) is 9.92. The lowest BCUT2D eigenvalue weighted by Crippen LogP contribution is -2.11. The summed E-state index contributed by atoms with van der Waals surface area (Å²) in [4.78, 5) is 17.2. The average Bonchev–Trinajstić information content (AvgIpc) is 3.17. The van der Waals surface area contributed by atoms with Crippen LogP contribution in [0.2, 0.25) is 5.02 Å². The molecule has 0 saturated carbocycles. The quantitative estimate of drug-likeness (QED) is 0.352. The summed E-state index contributed by atoms with van der Waals surface area (Å²) in [6, 6.07) is 24.6. The van der Waals surface area contributed by atoms with Crippen molar-refractivity contribution in [3.05, 3.63) is 95.0 Å². The van der Waals surface area contributed by atoms with Gasteiger partial charge in [0.2, 0.25) is 5.89 Å². The van der Waals surface area contributed by atoms with E-state index in [0.717, 1.165) is 21.9 Å². The Bertz CT molecular complexity index is 1420. The minimum absolute atomic E-state index is 0.162. The highest BCUT2D eigenvalue weighted by atomic mass is 35.5. The number of benzene rings is 4. The SMILES string of the molecule is Cc1cccc(C(=O)Nc2ccc3oc(-c4cccc5c(Cl)cccc45)nc3c2)c1. The molecule has 30 heavy (non-hydrogen) atoms. The Hall–Kier alpha value is -3.63. The minimum Gasteiger partial charge on any atom is -0.436 e. The lowest BCUT2D eigenvalue weighted by atomic mass is 10.0. The van der Waals surface area contributed by atoms with Crippen LogP contribution in [0.25, 0.3) is 33.3 Å². The van der Waals surface area contributed by atoms with Gasteiger partial charge in [0.15, 0.2) is 5.58 Å². The molecule has 4 nitrogen and oxygen atoms in total. The van der Waals surface area contributed by atoms with Gasteiger partial charge in [0.25, 0.3) is 5.91 Å². The first kappa shape index (κ1) is 18.4. The van der Waals surface area contributed by atoms with Crippen LogP contribution in [-0.4, -0.2) is 10.9 Å². The summed E-state index contributed by atoms with van der Waals surface area (Å²) >= 11 is 6.33. The smallest absolute Gasteiger partial charge is 0.255 e. The number of carbonyl (C=O) groups excluding carboxylic acids is 1. The molecule has 4 aromatic carbocycles. The molecule has 0 aliphatic rings. The molecular weight excluding hydrogens is 396 g/mol. The number of amides is 1. The van der Waals surface area contributed by atoms with Crippen molar-refractivity contribution < 1.29 is 9.21 Å². The fraction of sp³-hybridized carbons (Fsp3) is 0.0400. The highest BCUT2D eigenvalue weighted by molar-refractivity contribution is 6.35. The number of anilines is 1. The number of aromatic nitrogens is 1. The van der Waals surface area contributed by atoms with E-state index in [-0.39, 0.29) is 5.91 Å². The monoisotopic (exact) mass is 412 g/mol. The Morgan fingerprint density at radius 1 is 0.933 bits per heavy atom. The number of halogens is 1. The van der Waals surface area contributed by atoms with E-state index in [2.05, 4.69) is 10.3 Å². The first-order chi connectivity index (χ1) is 14.6. The Morgan fingerprint density at radius 2 is 1.73 bits per heavy atom. The number of hydrogen-bond donors (Lipinski definition) is 1. The van der Waals surface area contributed by atoms with Gasteiger partial charge >= 0.3 is 0 Å². The minimum atomic E-state index is -0.162. The second-order valence-corrected chi connectivity index (χ2v) is 7.57. The summed E-state index contributed by atoms with van der Waals surface area (Å²) in [6.45, 7) is 1.96. The second-order valence-electron chi connectivity index (χ2n) is 7.17. The number of aryl methyl sites for hydroxylation is 1. The van der Waals surface area contributed by atoms with Gasteiger partial charge in [0.1, 0.15) is 5.52 Å². The average molecular weight is 413 g/mol. The highest BCUT2D eigenvalue weighted by Crippen LogP contribution is 2.34. The number of rotatable bonds is 3. The fourth-order valence-corrected chi connectivity index (χ4v) is 3.81. The second kappa shape index (κ2) is 7.32. The lowest BCUT2D eigenvalue weighted by molar-refractivity contribution is 0.102. The topological polar surface area (TPSA) is 55.1 Å². The molecule has 0 atom stereocenters. The van der Waals surface area contributed by atoms with E-state index in [4.69, 9.17) is 16.0 Å². The molecule has 0 fully saturated rings. The number of fused-ring (bicyclic) bond motifs is 2. The highest BCUT2D eigenvalue weighted by Gasteiger charge is 2.14. The molecule has 5 aromatic rings. The molecule has 5 rings (SSSR count). The first-order valence-electron chi connectivity index (χ1n) is 9.55. The van der Waals surface area contributed by atoms with E-state index in [1.54, 1.807) is 6.07 Å². The Kier molecular flexibility index (Phi) is 4.49. The summed E-state index contributed by atoms with van der Waals surface area (Å²) < 4.78 is 6.00. The zero-order chi connectivity index (χ0) is 20.7. The summed E-state index contributed by atoms with van der Waals surface area (Å²) in [5.74, 6) is 0.352. The van der Waals surface area contributed by atoms with E-state index in [0.29, 0.717) is 33.3 Å². The maximum atomic E-state index is 12.5. The largest absolute Gasteiger partial charge is 0.436 e. The molecular formula is C25H17ClN2O2. The summed E-state index contributed by atoms with van der Waals surface area (Å²) in [5, 5.41) is 5.54. The molecule has 1 N–H and O–H groups in total. The molecule has 0 unspecified atom stereocenters. The van der Waals surface area contributed by atoms with Crippen LogP contribution in [0, 0.1) is 6.92 Å². The zero-order valence-corrected chi connectivity index (χ0v) is 16.9. The van der Waals surface area contributed by atoms with Gasteiger partial charge in [-0.05, 0) is 54.8 Å². The van der Waals surface area contributed by atoms with Gasteiger partial charge in [-0.1, -0.05) is 53.6 Å². The van der Waals surface area contributed by atoms with Gasteiger partial charge in [-0.15, -0.1) is 0 Å². The predicted molar refractivity (Wildman–Crippen MR) is 121 cm³/mol. The van der Waals surface area contributed by atoms with Crippen LogP contribution in [0.3, 0.4) is 0 Å². The van der Waals surface area contributed by atoms with Crippen molar-refractivity contribution >= 4 is 45.1 Å². The summed E-state index contributed by atoms with van der Waals surface area (Å²) in [5.41, 5.74) is 4.51. The van der Waals surface area contributed by atoms with Gasteiger partial charge in [0.05, 0.1) is 0 Å². The summed E-state index contributed by atoms with van der Waals surface area (Å²) in [7, 11) is 0. The van der Waals surface area contributed by atoms with E-state index in [9.17, 15) is 4.79 Å². The third-order valence-corrected chi connectivity index (χ3v) is 5.35. The van der Waals surface area contributed by atoms with Crippen molar-refractivity contribution in [1.29, 1.82) is 0 Å². The predicted octanol–water partition coefficient (Wildman–Crippen LogP) is 6.86. The van der Waals surface area contributed by atoms with Crippen LogP contribution in [0.15, 0.2) is 83.3 Å². The summed E-state index contributed by atoms with van der Waals surface area (Å²) in [6.07, 6.45) is 0. The van der Waals surface area contributed by atoms with E-state index in [1.165, 1.54) is 0 Å². The maximum absolute atomic E-state index is 12.5. The van der Waals surface area contributed by atoms with Crippen molar-refractivity contribution in [3.8, 4) is 11.5 Å². The third-order valence-electron chi connectivity index (χ3n) is 5.02. The molecule has 1 heterocycles. The maximum Gasteiger partial charge on any atom is 0.255 e. The van der Waals surface area contributed by atoms with Crippen molar-refractivity contribution in [2.24, 2.45) is 0 Å². The molecule has 1 aromatic heterocycles. The van der Waals surface area contributed by atoms with Crippen molar-refractivity contribution in [3.63, 3.8) is 0 Å². The molecule has 0 bridgehead atoms. The number of hydrogen-bond acceptors (Lipinski definition) is 3. The number of nitrogens with one attached hydrogen (secondary N) is 1. The van der Waals surface area contributed by atoms with Crippen LogP contribution in [-0.2, 0) is 0 Å². The van der Waals surface area contributed by atoms with Gasteiger partial charge < -0.3 is 9.73 Å². The van der Waals surface area contributed by atoms with Gasteiger partial charge in [-0.25, -0.2) is 4.98 Å². The Morgan fingerprint density at radius 3 is 2.60 bits per heavy atom. The van der Waals surface area contributed by atoms with E-state index < -0.39 is 0 Å². The van der Waals surface area contributed by atoms with Crippen LogP contribution in [0.5, 0.6) is 0 Å².